The van der Waals surface area contributed by atoms with Gasteiger partial charge in [-0.1, -0.05) is 61.7 Å². The minimum absolute atomic E-state index is 0.0217. The van der Waals surface area contributed by atoms with E-state index >= 15 is 0 Å². The van der Waals surface area contributed by atoms with Crippen LogP contribution in [0.2, 0.25) is 0 Å². The first-order valence-corrected chi connectivity index (χ1v) is 10.0. The normalized spacial score (nSPS) is 15.9. The van der Waals surface area contributed by atoms with Gasteiger partial charge in [0, 0.05) is 17.9 Å². The van der Waals surface area contributed by atoms with Crippen LogP contribution in [0.1, 0.15) is 60.5 Å². The summed E-state index contributed by atoms with van der Waals surface area (Å²) >= 11 is 0. The number of hydrogen-bond acceptors (Lipinski definition) is 3. The quantitative estimate of drug-likeness (QED) is 0.617. The van der Waals surface area contributed by atoms with E-state index in [-0.39, 0.29) is 17.8 Å². The van der Waals surface area contributed by atoms with E-state index in [0.29, 0.717) is 5.56 Å². The van der Waals surface area contributed by atoms with Crippen LogP contribution in [0.3, 0.4) is 0 Å². The molecule has 4 heteroatoms. The molecule has 0 aliphatic heterocycles. The van der Waals surface area contributed by atoms with Gasteiger partial charge in [-0.2, -0.15) is 0 Å². The van der Waals surface area contributed by atoms with Crippen LogP contribution >= 0.6 is 0 Å². The zero-order valence-corrected chi connectivity index (χ0v) is 16.5. The Morgan fingerprint density at radius 2 is 1.79 bits per heavy atom. The molecule has 0 spiro atoms. The Hall–Kier alpha value is -2.88. The highest BCUT2D eigenvalue weighted by Gasteiger charge is 2.25. The lowest BCUT2D eigenvalue weighted by molar-refractivity contribution is 0.0933. The summed E-state index contributed by atoms with van der Waals surface area (Å²) in [6.07, 6.45) is 5.79. The van der Waals surface area contributed by atoms with Crippen LogP contribution in [0.15, 0.2) is 53.5 Å². The van der Waals surface area contributed by atoms with Crippen molar-refractivity contribution in [3.63, 3.8) is 0 Å². The van der Waals surface area contributed by atoms with Gasteiger partial charge >= 0.3 is 0 Å². The third kappa shape index (κ3) is 3.35. The second kappa shape index (κ2) is 7.63. The smallest absolute Gasteiger partial charge is 0.230 e. The molecular formula is C24H26N2O2. The summed E-state index contributed by atoms with van der Waals surface area (Å²) in [6.45, 7) is 3.47. The monoisotopic (exact) mass is 374 g/mol. The highest BCUT2D eigenvalue weighted by atomic mass is 16.3. The standard InChI is InChI=1S/C24H26N2O2/c1-16-13-14-20-21(15-16)26(17(2)27)24(28)22(20)23(18-9-5-3-6-10-18)25-19-11-7-4-8-12-19/h3,5-6,9-10,13-15,19,28H,4,7-8,11-12H2,1-2H3. The average molecular weight is 374 g/mol. The van der Waals surface area contributed by atoms with Crippen LogP contribution in [-0.4, -0.2) is 27.3 Å². The highest BCUT2D eigenvalue weighted by Crippen LogP contribution is 2.35. The molecule has 1 aliphatic carbocycles. The number of hydrogen-bond donors (Lipinski definition) is 1. The number of nitrogens with zero attached hydrogens (tertiary/aromatic N) is 2. The molecule has 4 rings (SSSR count). The first-order valence-electron chi connectivity index (χ1n) is 10.0. The summed E-state index contributed by atoms with van der Waals surface area (Å²) in [5.41, 5.74) is 4.17. The Morgan fingerprint density at radius 3 is 2.46 bits per heavy atom. The molecule has 28 heavy (non-hydrogen) atoms. The van der Waals surface area contributed by atoms with Gasteiger partial charge in [0.25, 0.3) is 0 Å². The summed E-state index contributed by atoms with van der Waals surface area (Å²) in [7, 11) is 0. The Morgan fingerprint density at radius 1 is 1.07 bits per heavy atom. The summed E-state index contributed by atoms with van der Waals surface area (Å²) in [5.74, 6) is -0.226. The predicted octanol–water partition coefficient (Wildman–Crippen LogP) is 5.49. The number of rotatable bonds is 3. The van der Waals surface area contributed by atoms with Crippen LogP contribution in [0.25, 0.3) is 10.9 Å². The van der Waals surface area contributed by atoms with E-state index in [0.717, 1.165) is 40.6 Å². The molecule has 1 N–H and O–H groups in total. The van der Waals surface area contributed by atoms with Crippen LogP contribution in [0.5, 0.6) is 5.88 Å². The maximum Gasteiger partial charge on any atom is 0.230 e. The van der Waals surface area contributed by atoms with Gasteiger partial charge in [-0.3, -0.25) is 14.4 Å². The van der Waals surface area contributed by atoms with Gasteiger partial charge in [0.05, 0.1) is 22.8 Å². The van der Waals surface area contributed by atoms with Gasteiger partial charge in [-0.05, 0) is 31.4 Å². The van der Waals surface area contributed by atoms with Crippen molar-refractivity contribution in [3.8, 4) is 5.88 Å². The fourth-order valence-electron chi connectivity index (χ4n) is 4.21. The van der Waals surface area contributed by atoms with Gasteiger partial charge in [-0.25, -0.2) is 0 Å². The van der Waals surface area contributed by atoms with Crippen molar-refractivity contribution < 1.29 is 9.90 Å². The third-order valence-electron chi connectivity index (χ3n) is 5.58. The SMILES string of the molecule is CC(=O)n1c(O)c(C(=NC2CCCCC2)c2ccccc2)c2ccc(C)cc21. The van der Waals surface area contributed by atoms with Crippen LogP contribution < -0.4 is 0 Å². The Balaban J connectivity index is 1.99. The molecule has 0 bridgehead atoms. The maximum atomic E-state index is 12.3. The van der Waals surface area contributed by atoms with E-state index in [1.54, 1.807) is 0 Å². The number of fused-ring (bicyclic) bond motifs is 1. The van der Waals surface area contributed by atoms with Crippen molar-refractivity contribution in [1.82, 2.24) is 4.57 Å². The number of carbonyl (C=O) groups is 1. The van der Waals surface area contributed by atoms with E-state index in [9.17, 15) is 9.90 Å². The van der Waals surface area contributed by atoms with Gasteiger partial charge in [-0.15, -0.1) is 0 Å². The van der Waals surface area contributed by atoms with Gasteiger partial charge in [0.2, 0.25) is 11.8 Å². The van der Waals surface area contributed by atoms with Crippen LogP contribution in [0, 0.1) is 6.92 Å². The van der Waals surface area contributed by atoms with Crippen molar-refractivity contribution >= 4 is 22.5 Å². The molecule has 2 aromatic carbocycles. The van der Waals surface area contributed by atoms with Crippen LogP contribution in [-0.2, 0) is 0 Å². The van der Waals surface area contributed by atoms with E-state index in [1.165, 1.54) is 30.8 Å². The Kier molecular flexibility index (Phi) is 5.03. The third-order valence-corrected chi connectivity index (χ3v) is 5.58. The first-order chi connectivity index (χ1) is 13.6. The van der Waals surface area contributed by atoms with E-state index in [2.05, 4.69) is 0 Å². The number of aromatic hydroxyl groups is 1. The van der Waals surface area contributed by atoms with Crippen molar-refractivity contribution in [2.75, 3.05) is 0 Å². The molecule has 1 fully saturated rings. The highest BCUT2D eigenvalue weighted by molar-refractivity contribution is 6.22. The second-order valence-electron chi connectivity index (χ2n) is 7.71. The molecular weight excluding hydrogens is 348 g/mol. The number of carbonyl (C=O) groups excluding carboxylic acids is 1. The maximum absolute atomic E-state index is 12.3. The fraction of sp³-hybridized carbons (Fsp3) is 0.333. The lowest BCUT2D eigenvalue weighted by Gasteiger charge is -2.19. The summed E-state index contributed by atoms with van der Waals surface area (Å²) in [6, 6.07) is 16.2. The average Bonchev–Trinajstić information content (AvgIpc) is 2.98. The van der Waals surface area contributed by atoms with E-state index in [1.807, 2.05) is 55.5 Å². The largest absolute Gasteiger partial charge is 0.494 e. The lowest BCUT2D eigenvalue weighted by atomic mass is 9.94. The van der Waals surface area contributed by atoms with Gasteiger partial charge in [0.1, 0.15) is 0 Å². The molecule has 1 heterocycles. The van der Waals surface area contributed by atoms with E-state index in [4.69, 9.17) is 4.99 Å². The molecule has 0 radical (unpaired) electrons. The van der Waals surface area contributed by atoms with Crippen molar-refractivity contribution in [2.45, 2.75) is 52.0 Å². The first kappa shape index (κ1) is 18.5. The zero-order valence-electron chi connectivity index (χ0n) is 16.5. The van der Waals surface area contributed by atoms with Crippen molar-refractivity contribution in [3.05, 3.63) is 65.2 Å². The van der Waals surface area contributed by atoms with Crippen LogP contribution in [0.4, 0.5) is 0 Å². The van der Waals surface area contributed by atoms with Gasteiger partial charge < -0.3 is 5.11 Å². The molecule has 0 amide bonds. The number of benzene rings is 2. The molecule has 1 saturated carbocycles. The van der Waals surface area contributed by atoms with Crippen molar-refractivity contribution in [1.29, 1.82) is 0 Å². The summed E-state index contributed by atoms with van der Waals surface area (Å²) in [5, 5.41) is 12.0. The molecule has 1 aromatic heterocycles. The minimum Gasteiger partial charge on any atom is -0.494 e. The zero-order chi connectivity index (χ0) is 19.7. The van der Waals surface area contributed by atoms with E-state index < -0.39 is 0 Å². The predicted molar refractivity (Wildman–Crippen MR) is 114 cm³/mol. The minimum atomic E-state index is -0.204. The lowest BCUT2D eigenvalue weighted by Crippen LogP contribution is -2.15. The summed E-state index contributed by atoms with van der Waals surface area (Å²) in [4.78, 5) is 17.4. The van der Waals surface area contributed by atoms with Crippen molar-refractivity contribution in [2.24, 2.45) is 4.99 Å². The summed E-state index contributed by atoms with van der Waals surface area (Å²) < 4.78 is 1.40. The molecule has 3 aromatic rings. The van der Waals surface area contributed by atoms with Gasteiger partial charge in [0.15, 0.2) is 0 Å². The molecule has 0 unspecified atom stereocenters. The molecule has 0 atom stereocenters. The molecule has 0 saturated heterocycles. The number of aromatic nitrogens is 1. The Labute approximate surface area is 165 Å². The molecule has 4 nitrogen and oxygen atoms in total. The fourth-order valence-corrected chi connectivity index (χ4v) is 4.21. The Bertz CT molecular complexity index is 1040. The number of aliphatic imine (C=N–C) groups is 1. The molecule has 144 valence electrons. The number of aryl methyl sites for hydroxylation is 1. The second-order valence-corrected chi connectivity index (χ2v) is 7.71. The topological polar surface area (TPSA) is 54.6 Å². The molecule has 1 aliphatic rings.